The molecule has 2 N–H and O–H groups in total. The average molecular weight is 621 g/mol. The summed E-state index contributed by atoms with van der Waals surface area (Å²) in [6.45, 7) is 23.0. The van der Waals surface area contributed by atoms with Gasteiger partial charge in [0.25, 0.3) is 0 Å². The Morgan fingerprint density at radius 1 is 0.804 bits per heavy atom. The predicted octanol–water partition coefficient (Wildman–Crippen LogP) is 9.84. The van der Waals surface area contributed by atoms with Crippen molar-refractivity contribution in [3.8, 4) is 5.75 Å². The third-order valence-corrected chi connectivity index (χ3v) is 9.53. The topological polar surface area (TPSA) is 69.6 Å². The third-order valence-electron chi connectivity index (χ3n) is 9.53. The van der Waals surface area contributed by atoms with Crippen molar-refractivity contribution in [3.05, 3.63) is 99.8 Å². The molecule has 0 aromatic heterocycles. The maximum Gasteiger partial charge on any atom is 0.230 e. The number of fused-ring (bicyclic) bond motifs is 1. The van der Waals surface area contributed by atoms with Crippen LogP contribution in [0.4, 0.5) is 11.4 Å². The Morgan fingerprint density at radius 3 is 1.89 bits per heavy atom. The molecule has 2 aliphatic rings. The summed E-state index contributed by atoms with van der Waals surface area (Å²) in [5.74, 6) is -0.0144. The summed E-state index contributed by atoms with van der Waals surface area (Å²) in [5, 5.41) is 15.3. The van der Waals surface area contributed by atoms with E-state index in [-0.39, 0.29) is 45.5 Å². The van der Waals surface area contributed by atoms with Crippen molar-refractivity contribution in [1.82, 2.24) is 0 Å². The molecular weight excluding hydrogens is 568 g/mol. The van der Waals surface area contributed by atoms with E-state index >= 15 is 0 Å². The molecule has 3 aromatic carbocycles. The number of hydrogen-bond donors (Lipinski definition) is 2. The first-order chi connectivity index (χ1) is 21.3. The Morgan fingerprint density at radius 2 is 1.37 bits per heavy atom. The zero-order chi connectivity index (χ0) is 33.9. The number of phenols is 1. The third kappa shape index (κ3) is 6.26. The van der Waals surface area contributed by atoms with Gasteiger partial charge >= 0.3 is 0 Å². The normalized spacial score (nSPS) is 19.0. The largest absolute Gasteiger partial charge is 0.507 e. The van der Waals surface area contributed by atoms with Crippen LogP contribution in [0.2, 0.25) is 0 Å². The number of phenolic OH excluding ortho intramolecular Hbond substituents is 1. The lowest BCUT2D eigenvalue weighted by atomic mass is 9.74. The highest BCUT2D eigenvalue weighted by atomic mass is 16.3. The molecule has 3 aromatic rings. The van der Waals surface area contributed by atoms with Crippen LogP contribution in [0, 0.1) is 5.92 Å². The van der Waals surface area contributed by atoms with Crippen LogP contribution in [0.25, 0.3) is 0 Å². The number of allylic oxidation sites excluding steroid dienone is 1. The molecule has 1 aliphatic heterocycles. The summed E-state index contributed by atoms with van der Waals surface area (Å²) in [6.07, 6.45) is 1.02. The standard InChI is InChI=1S/C41H52N2O3/c1-24(2)38(46)43-33-15-13-12-14-31(33)42-32-22-26(25-16-18-28(19-17-25)39(3,4)5)23-34(44)35(32)36(43)27-20-29(40(6,7)8)37(45)30(21-27)41(9,10)11/h12-21,24,26,36,42,45H,22-23H2,1-11H3/t26-,36-/m0/s1. The van der Waals surface area contributed by atoms with Gasteiger partial charge in [0.1, 0.15) is 5.75 Å². The molecule has 5 heteroatoms. The minimum absolute atomic E-state index is 0.0167. The Bertz CT molecular complexity index is 1660. The van der Waals surface area contributed by atoms with Crippen molar-refractivity contribution < 1.29 is 14.7 Å². The number of amides is 1. The summed E-state index contributed by atoms with van der Waals surface area (Å²) in [7, 11) is 0. The zero-order valence-corrected chi connectivity index (χ0v) is 29.6. The number of aromatic hydroxyl groups is 1. The molecule has 244 valence electrons. The first kappa shape index (κ1) is 33.5. The lowest BCUT2D eigenvalue weighted by Crippen LogP contribution is -2.41. The minimum Gasteiger partial charge on any atom is -0.507 e. The van der Waals surface area contributed by atoms with Crippen molar-refractivity contribution >= 4 is 23.1 Å². The van der Waals surface area contributed by atoms with E-state index in [1.165, 1.54) is 5.56 Å². The van der Waals surface area contributed by atoms with Crippen molar-refractivity contribution in [2.45, 2.75) is 117 Å². The van der Waals surface area contributed by atoms with Crippen molar-refractivity contribution in [2.24, 2.45) is 5.92 Å². The fraction of sp³-hybridized carbons (Fsp3) is 0.463. The molecule has 0 saturated carbocycles. The highest BCUT2D eigenvalue weighted by Crippen LogP contribution is 2.50. The van der Waals surface area contributed by atoms with Gasteiger partial charge in [-0.25, -0.2) is 0 Å². The zero-order valence-electron chi connectivity index (χ0n) is 29.6. The molecule has 0 radical (unpaired) electrons. The van der Waals surface area contributed by atoms with Crippen molar-refractivity contribution in [1.29, 1.82) is 0 Å². The quantitative estimate of drug-likeness (QED) is 0.306. The second-order valence-corrected chi connectivity index (χ2v) is 16.7. The number of para-hydroxylation sites is 2. The van der Waals surface area contributed by atoms with Crippen LogP contribution in [0.5, 0.6) is 5.75 Å². The number of carbonyl (C=O) groups excluding carboxylic acids is 2. The van der Waals surface area contributed by atoms with Gasteiger partial charge in [0.15, 0.2) is 5.78 Å². The first-order valence-electron chi connectivity index (χ1n) is 16.7. The number of carbonyl (C=O) groups is 2. The highest BCUT2D eigenvalue weighted by molar-refractivity contribution is 6.07. The van der Waals surface area contributed by atoms with Gasteiger partial charge in [-0.1, -0.05) is 113 Å². The van der Waals surface area contributed by atoms with Gasteiger partial charge < -0.3 is 10.4 Å². The van der Waals surface area contributed by atoms with Crippen LogP contribution in [0.3, 0.4) is 0 Å². The van der Waals surface area contributed by atoms with Crippen molar-refractivity contribution in [3.63, 3.8) is 0 Å². The van der Waals surface area contributed by atoms with Gasteiger partial charge in [-0.15, -0.1) is 0 Å². The monoisotopic (exact) mass is 620 g/mol. The average Bonchev–Trinajstić information content (AvgIpc) is 3.10. The van der Waals surface area contributed by atoms with E-state index in [9.17, 15) is 14.7 Å². The lowest BCUT2D eigenvalue weighted by molar-refractivity contribution is -0.121. The fourth-order valence-electron chi connectivity index (χ4n) is 6.88. The van der Waals surface area contributed by atoms with Crippen LogP contribution in [-0.2, 0) is 25.8 Å². The molecule has 0 bridgehead atoms. The molecule has 46 heavy (non-hydrogen) atoms. The Labute approximate surface area is 276 Å². The van der Waals surface area contributed by atoms with Crippen LogP contribution >= 0.6 is 0 Å². The molecule has 0 spiro atoms. The predicted molar refractivity (Wildman–Crippen MR) is 190 cm³/mol. The molecule has 2 atom stereocenters. The number of benzene rings is 3. The van der Waals surface area contributed by atoms with E-state index in [0.29, 0.717) is 18.4 Å². The Balaban J connectivity index is 1.78. The van der Waals surface area contributed by atoms with Gasteiger partial charge in [0.2, 0.25) is 5.91 Å². The number of rotatable bonds is 3. The summed E-state index contributed by atoms with van der Waals surface area (Å²) in [4.78, 5) is 30.8. The van der Waals surface area contributed by atoms with Crippen LogP contribution in [-0.4, -0.2) is 16.8 Å². The number of ketones is 1. The molecule has 0 saturated heterocycles. The SMILES string of the molecule is CC(C)C(=O)N1c2ccccc2NC2=C(C(=O)C[C@@H](c3ccc(C(C)(C)C)cc3)C2)[C@@H]1c1cc(C(C)(C)C)c(O)c(C(C)(C)C)c1. The second-order valence-electron chi connectivity index (χ2n) is 16.7. The summed E-state index contributed by atoms with van der Waals surface area (Å²) < 4.78 is 0. The van der Waals surface area contributed by atoms with E-state index in [2.05, 4.69) is 91.9 Å². The lowest BCUT2D eigenvalue weighted by Gasteiger charge is -2.37. The van der Waals surface area contributed by atoms with E-state index in [1.54, 1.807) is 0 Å². The summed E-state index contributed by atoms with van der Waals surface area (Å²) in [5.41, 5.74) is 7.23. The maximum atomic E-state index is 14.6. The minimum atomic E-state index is -0.652. The van der Waals surface area contributed by atoms with Gasteiger partial charge in [-0.05, 0) is 80.7 Å². The van der Waals surface area contributed by atoms with Crippen LogP contribution in [0.1, 0.15) is 129 Å². The summed E-state index contributed by atoms with van der Waals surface area (Å²) in [6, 6.07) is 20.0. The maximum absolute atomic E-state index is 14.6. The molecular formula is C41H52N2O3. The first-order valence-corrected chi connectivity index (χ1v) is 16.7. The molecule has 5 nitrogen and oxygen atoms in total. The van der Waals surface area contributed by atoms with Gasteiger partial charge in [0.05, 0.1) is 17.4 Å². The molecule has 5 rings (SSSR count). The van der Waals surface area contributed by atoms with Crippen molar-refractivity contribution in [2.75, 3.05) is 10.2 Å². The van der Waals surface area contributed by atoms with Gasteiger partial charge in [-0.3, -0.25) is 14.5 Å². The van der Waals surface area contributed by atoms with E-state index in [1.807, 2.05) is 55.1 Å². The molecule has 1 amide bonds. The van der Waals surface area contributed by atoms with Crippen LogP contribution in [0.15, 0.2) is 71.9 Å². The van der Waals surface area contributed by atoms with E-state index in [0.717, 1.165) is 39.3 Å². The second kappa shape index (κ2) is 11.7. The number of nitrogens with zero attached hydrogens (tertiary/aromatic N) is 1. The molecule has 0 fully saturated rings. The Kier molecular flexibility index (Phi) is 8.55. The molecule has 1 aliphatic carbocycles. The smallest absolute Gasteiger partial charge is 0.230 e. The molecule has 1 heterocycles. The van der Waals surface area contributed by atoms with Crippen LogP contribution < -0.4 is 10.2 Å². The number of anilines is 2. The molecule has 0 unspecified atom stereocenters. The summed E-state index contributed by atoms with van der Waals surface area (Å²) >= 11 is 0. The number of nitrogens with one attached hydrogen (secondary N) is 1. The number of Topliss-reactive ketones (excluding diaryl/α,β-unsaturated/α-hetero) is 1. The number of hydrogen-bond acceptors (Lipinski definition) is 4. The Hall–Kier alpha value is -3.86. The van der Waals surface area contributed by atoms with Gasteiger partial charge in [0, 0.05) is 23.6 Å². The highest BCUT2D eigenvalue weighted by Gasteiger charge is 2.43. The van der Waals surface area contributed by atoms with E-state index in [4.69, 9.17) is 0 Å². The fourth-order valence-corrected chi connectivity index (χ4v) is 6.88. The van der Waals surface area contributed by atoms with Gasteiger partial charge in [-0.2, -0.15) is 0 Å². The van der Waals surface area contributed by atoms with E-state index < -0.39 is 6.04 Å².